The second kappa shape index (κ2) is 5.84. The lowest BCUT2D eigenvalue weighted by atomic mass is 10.1. The Balaban J connectivity index is 2.28. The summed E-state index contributed by atoms with van der Waals surface area (Å²) in [5.41, 5.74) is 4.06. The Morgan fingerprint density at radius 3 is 2.65 bits per heavy atom. The first kappa shape index (κ1) is 14.9. The van der Waals surface area contributed by atoms with Crippen molar-refractivity contribution >= 4 is 10.9 Å². The van der Waals surface area contributed by atoms with Gasteiger partial charge >= 0.3 is 0 Å². The number of benzene rings is 1. The molecule has 0 atom stereocenters. The molecule has 0 saturated carbocycles. The van der Waals surface area contributed by atoms with Gasteiger partial charge < -0.3 is 9.88 Å². The lowest BCUT2D eigenvalue weighted by molar-refractivity contribution is 0.425. The van der Waals surface area contributed by atoms with Gasteiger partial charge in [0.05, 0.1) is 0 Å². The topological polar surface area (TPSA) is 17.0 Å². The van der Waals surface area contributed by atoms with Crippen molar-refractivity contribution in [1.82, 2.24) is 9.88 Å². The highest BCUT2D eigenvalue weighted by molar-refractivity contribution is 5.83. The molecule has 0 unspecified atom stereocenters. The molecule has 2 nitrogen and oxygen atoms in total. The fourth-order valence-electron chi connectivity index (χ4n) is 2.29. The summed E-state index contributed by atoms with van der Waals surface area (Å²) in [6.45, 7) is 14.7. The zero-order chi connectivity index (χ0) is 14.8. The lowest BCUT2D eigenvalue weighted by Crippen LogP contribution is -2.35. The van der Waals surface area contributed by atoms with Gasteiger partial charge in [-0.05, 0) is 44.9 Å². The van der Waals surface area contributed by atoms with Crippen molar-refractivity contribution < 1.29 is 0 Å². The van der Waals surface area contributed by atoms with Gasteiger partial charge in [-0.1, -0.05) is 31.2 Å². The summed E-state index contributed by atoms with van der Waals surface area (Å²) in [5.74, 6) is 0. The van der Waals surface area contributed by atoms with Gasteiger partial charge in [-0.3, -0.25) is 0 Å². The summed E-state index contributed by atoms with van der Waals surface area (Å²) in [6.07, 6.45) is 3.21. The largest absolute Gasteiger partial charge is 0.343 e. The van der Waals surface area contributed by atoms with E-state index >= 15 is 0 Å². The van der Waals surface area contributed by atoms with Crippen LogP contribution in [0.15, 0.2) is 42.6 Å². The van der Waals surface area contributed by atoms with Crippen LogP contribution >= 0.6 is 0 Å². The number of hydrogen-bond acceptors (Lipinski definition) is 1. The Hall–Kier alpha value is -1.54. The van der Waals surface area contributed by atoms with E-state index in [1.54, 1.807) is 0 Å². The van der Waals surface area contributed by atoms with Gasteiger partial charge in [-0.2, -0.15) is 0 Å². The first-order valence-electron chi connectivity index (χ1n) is 7.39. The molecule has 0 amide bonds. The zero-order valence-electron chi connectivity index (χ0n) is 13.2. The Morgan fingerprint density at radius 1 is 1.25 bits per heavy atom. The molecule has 108 valence electrons. The quantitative estimate of drug-likeness (QED) is 0.792. The Kier molecular flexibility index (Phi) is 4.34. The fraction of sp³-hybridized carbons (Fsp3) is 0.444. The molecule has 2 heteroatoms. The summed E-state index contributed by atoms with van der Waals surface area (Å²) in [7, 11) is 0. The van der Waals surface area contributed by atoms with Crippen LogP contribution < -0.4 is 5.32 Å². The predicted octanol–water partition coefficient (Wildman–Crippen LogP) is 4.50. The smallest absolute Gasteiger partial charge is 0.0486 e. The van der Waals surface area contributed by atoms with Gasteiger partial charge in [-0.15, -0.1) is 0 Å². The molecule has 1 aromatic carbocycles. The van der Waals surface area contributed by atoms with Gasteiger partial charge in [0, 0.05) is 35.7 Å². The molecule has 1 aromatic heterocycles. The van der Waals surface area contributed by atoms with E-state index in [2.05, 4.69) is 74.6 Å². The minimum Gasteiger partial charge on any atom is -0.343 e. The van der Waals surface area contributed by atoms with E-state index in [1.807, 2.05) is 0 Å². The molecule has 0 fully saturated rings. The van der Waals surface area contributed by atoms with Crippen LogP contribution in [-0.4, -0.2) is 10.1 Å². The number of nitrogens with one attached hydrogen (secondary N) is 1. The van der Waals surface area contributed by atoms with Crippen molar-refractivity contribution in [2.24, 2.45) is 0 Å². The van der Waals surface area contributed by atoms with E-state index in [0.717, 1.165) is 19.5 Å². The van der Waals surface area contributed by atoms with E-state index in [9.17, 15) is 0 Å². The number of allylic oxidation sites excluding steroid dienone is 1. The van der Waals surface area contributed by atoms with E-state index in [-0.39, 0.29) is 5.54 Å². The molecule has 20 heavy (non-hydrogen) atoms. The minimum atomic E-state index is 0.140. The Bertz CT molecular complexity index is 599. The number of aromatic nitrogens is 1. The summed E-state index contributed by atoms with van der Waals surface area (Å²) in [6, 6.07) is 8.77. The number of nitrogens with zero attached hydrogens (tertiary/aromatic N) is 1. The van der Waals surface area contributed by atoms with Crippen LogP contribution in [0.5, 0.6) is 0 Å². The Labute approximate surface area is 122 Å². The maximum atomic E-state index is 4.11. The molecule has 0 bridgehead atoms. The SMILES string of the molecule is C=C(CC)Cn1ccc2c(CNC(C)(C)C)cccc21. The maximum Gasteiger partial charge on any atom is 0.0486 e. The highest BCUT2D eigenvalue weighted by atomic mass is 15.0. The molecule has 0 aliphatic carbocycles. The summed E-state index contributed by atoms with van der Waals surface area (Å²) >= 11 is 0. The normalized spacial score (nSPS) is 12.0. The van der Waals surface area contributed by atoms with Crippen molar-refractivity contribution in [2.45, 2.75) is 52.7 Å². The third-order valence-corrected chi connectivity index (χ3v) is 3.61. The van der Waals surface area contributed by atoms with Crippen LogP contribution in [0.1, 0.15) is 39.7 Å². The maximum absolute atomic E-state index is 4.11. The second-order valence-electron chi connectivity index (χ2n) is 6.50. The molecular weight excluding hydrogens is 244 g/mol. The van der Waals surface area contributed by atoms with Crippen molar-refractivity contribution in [3.63, 3.8) is 0 Å². The van der Waals surface area contributed by atoms with Crippen molar-refractivity contribution in [3.05, 3.63) is 48.2 Å². The molecule has 0 radical (unpaired) electrons. The molecule has 0 aliphatic heterocycles. The predicted molar refractivity (Wildman–Crippen MR) is 88.0 cm³/mol. The van der Waals surface area contributed by atoms with Crippen molar-refractivity contribution in [3.8, 4) is 0 Å². The standard InChI is InChI=1S/C18H26N2/c1-6-14(2)13-20-11-10-16-15(8-7-9-17(16)20)12-19-18(3,4)5/h7-11,19H,2,6,12-13H2,1,3-5H3. The number of fused-ring (bicyclic) bond motifs is 1. The number of hydrogen-bond donors (Lipinski definition) is 1. The van der Waals surface area contributed by atoms with Gasteiger partial charge in [0.25, 0.3) is 0 Å². The van der Waals surface area contributed by atoms with Gasteiger partial charge in [-0.25, -0.2) is 0 Å². The van der Waals surface area contributed by atoms with Crippen LogP contribution in [0.25, 0.3) is 10.9 Å². The van der Waals surface area contributed by atoms with Crippen molar-refractivity contribution in [2.75, 3.05) is 0 Å². The van der Waals surface area contributed by atoms with E-state index in [0.29, 0.717) is 0 Å². The molecule has 1 heterocycles. The summed E-state index contributed by atoms with van der Waals surface area (Å²) in [4.78, 5) is 0. The van der Waals surface area contributed by atoms with Gasteiger partial charge in [0.2, 0.25) is 0 Å². The lowest BCUT2D eigenvalue weighted by Gasteiger charge is -2.21. The van der Waals surface area contributed by atoms with Gasteiger partial charge in [0.1, 0.15) is 0 Å². The molecule has 0 aliphatic rings. The molecule has 0 spiro atoms. The van der Waals surface area contributed by atoms with Crippen LogP contribution in [0, 0.1) is 0 Å². The van der Waals surface area contributed by atoms with Crippen LogP contribution in [0.3, 0.4) is 0 Å². The first-order chi connectivity index (χ1) is 9.40. The first-order valence-corrected chi connectivity index (χ1v) is 7.39. The molecule has 0 saturated heterocycles. The Morgan fingerprint density at radius 2 is 2.00 bits per heavy atom. The molecular formula is C18H26N2. The zero-order valence-corrected chi connectivity index (χ0v) is 13.2. The molecule has 2 aromatic rings. The average Bonchev–Trinajstić information content (AvgIpc) is 2.79. The highest BCUT2D eigenvalue weighted by Gasteiger charge is 2.11. The van der Waals surface area contributed by atoms with Crippen molar-refractivity contribution in [1.29, 1.82) is 0 Å². The third-order valence-electron chi connectivity index (χ3n) is 3.61. The van der Waals surface area contributed by atoms with E-state index < -0.39 is 0 Å². The monoisotopic (exact) mass is 270 g/mol. The summed E-state index contributed by atoms with van der Waals surface area (Å²) < 4.78 is 2.29. The average molecular weight is 270 g/mol. The second-order valence-corrected chi connectivity index (χ2v) is 6.50. The van der Waals surface area contributed by atoms with E-state index in [1.165, 1.54) is 22.0 Å². The van der Waals surface area contributed by atoms with Crippen LogP contribution in [-0.2, 0) is 13.1 Å². The highest BCUT2D eigenvalue weighted by Crippen LogP contribution is 2.22. The number of rotatable bonds is 5. The summed E-state index contributed by atoms with van der Waals surface area (Å²) in [5, 5.41) is 4.91. The van der Waals surface area contributed by atoms with Crippen LogP contribution in [0.4, 0.5) is 0 Å². The van der Waals surface area contributed by atoms with Gasteiger partial charge in [0.15, 0.2) is 0 Å². The fourth-order valence-corrected chi connectivity index (χ4v) is 2.29. The minimum absolute atomic E-state index is 0.140. The van der Waals surface area contributed by atoms with E-state index in [4.69, 9.17) is 0 Å². The van der Waals surface area contributed by atoms with Crippen LogP contribution in [0.2, 0.25) is 0 Å². The molecule has 1 N–H and O–H groups in total. The molecule has 2 rings (SSSR count). The third kappa shape index (κ3) is 3.51.